The van der Waals surface area contributed by atoms with Gasteiger partial charge in [-0.1, -0.05) is 0 Å². The maximum Gasteiger partial charge on any atom is 0.0509 e. The Morgan fingerprint density at radius 3 is 0.833 bits per heavy atom. The summed E-state index contributed by atoms with van der Waals surface area (Å²) in [5.41, 5.74) is 0.0956. The summed E-state index contributed by atoms with van der Waals surface area (Å²) in [7, 11) is 4.82. The number of nitrogens with zero attached hydrogens (tertiary/aromatic N) is 4. The van der Waals surface area contributed by atoms with E-state index in [1.807, 2.05) is 0 Å². The van der Waals surface area contributed by atoms with Crippen LogP contribution in [0.1, 0.15) is 0 Å². The van der Waals surface area contributed by atoms with Gasteiger partial charge >= 0.3 is 0 Å². The molecule has 0 aliphatic heterocycles. The highest BCUT2D eigenvalue weighted by Crippen LogP contribution is 2.39. The summed E-state index contributed by atoms with van der Waals surface area (Å²) in [5, 5.41) is 47.3. The molecule has 0 N–H and O–H groups in total. The molecule has 0 radical (unpaired) electrons. The van der Waals surface area contributed by atoms with Gasteiger partial charge in [-0.25, -0.2) is 0 Å². The van der Waals surface area contributed by atoms with Crippen LogP contribution in [0.3, 0.4) is 0 Å². The van der Waals surface area contributed by atoms with E-state index in [0.29, 0.717) is 20.3 Å². The Morgan fingerprint density at radius 2 is 0.722 bits per heavy atom. The first-order valence-electron chi connectivity index (χ1n) is 5.07. The minimum absolute atomic E-state index is 0.0239. The fourth-order valence-corrected chi connectivity index (χ4v) is 1.56. The maximum absolute atomic E-state index is 11.4. The fraction of sp³-hybridized carbons (Fsp3) is 0.400. The van der Waals surface area contributed by atoms with Gasteiger partial charge in [-0.15, -0.1) is 0 Å². The van der Waals surface area contributed by atoms with Crippen LogP contribution < -0.4 is 20.3 Å². The van der Waals surface area contributed by atoms with E-state index in [0.717, 1.165) is 0 Å². The van der Waals surface area contributed by atoms with Gasteiger partial charge in [0.05, 0.1) is 22.7 Å². The molecule has 0 fully saturated rings. The van der Waals surface area contributed by atoms with Crippen LogP contribution in [0.5, 0.6) is 0 Å². The summed E-state index contributed by atoms with van der Waals surface area (Å²) in [6, 6.07) is 2.43. The van der Waals surface area contributed by atoms with E-state index in [1.165, 1.54) is 40.3 Å². The normalized spacial score (nSPS) is 10.2. The Hall–Kier alpha value is -1.74. The number of rotatable bonds is 4. The lowest BCUT2D eigenvalue weighted by molar-refractivity contribution is 1.12. The van der Waals surface area contributed by atoms with Crippen LogP contribution >= 0.6 is 0 Å². The van der Waals surface area contributed by atoms with Gasteiger partial charge in [-0.05, 0) is 40.3 Å². The van der Waals surface area contributed by atoms with Gasteiger partial charge in [0.25, 0.3) is 0 Å². The molecule has 8 nitrogen and oxygen atoms in total. The predicted molar refractivity (Wildman–Crippen MR) is 73.5 cm³/mol. The van der Waals surface area contributed by atoms with Gasteiger partial charge in [0.2, 0.25) is 0 Å². The van der Waals surface area contributed by atoms with Gasteiger partial charge in [0.1, 0.15) is 0 Å². The molecule has 18 heavy (non-hydrogen) atoms. The Morgan fingerprint density at radius 1 is 0.556 bits per heavy atom. The van der Waals surface area contributed by atoms with Gasteiger partial charge < -0.3 is 41.1 Å². The average Bonchev–Trinajstić information content (AvgIpc) is 2.26. The molecule has 1 aromatic carbocycles. The van der Waals surface area contributed by atoms with E-state index < -0.39 is 0 Å². The van der Waals surface area contributed by atoms with Crippen molar-refractivity contribution in [2.24, 2.45) is 0 Å². The van der Waals surface area contributed by atoms with Crippen molar-refractivity contribution < 1.29 is 0 Å². The third kappa shape index (κ3) is 2.74. The minimum atomic E-state index is 0.0239. The van der Waals surface area contributed by atoms with Gasteiger partial charge in [0, 0.05) is 0 Å². The number of hydrogen-bond acceptors (Lipinski definition) is 8. The quantitative estimate of drug-likeness (QED) is 0.743. The van der Waals surface area contributed by atoms with Crippen LogP contribution in [0.25, 0.3) is 0 Å². The zero-order valence-electron chi connectivity index (χ0n) is 10.6. The van der Waals surface area contributed by atoms with E-state index in [9.17, 15) is 20.8 Å². The number of anilines is 4. The summed E-state index contributed by atoms with van der Waals surface area (Å²) >= 11 is 0. The average molecular weight is 254 g/mol. The Balaban J connectivity index is 3.50. The zero-order chi connectivity index (χ0) is 14.0. The molecule has 0 aliphatic rings. The molecule has 0 aliphatic carbocycles. The van der Waals surface area contributed by atoms with E-state index in [4.69, 9.17) is 0 Å². The lowest BCUT2D eigenvalue weighted by atomic mass is 10.2. The second-order valence-corrected chi connectivity index (χ2v) is 3.82. The molecule has 0 amide bonds. The summed E-state index contributed by atoms with van der Waals surface area (Å²) in [4.78, 5) is 0. The van der Waals surface area contributed by atoms with Gasteiger partial charge in [0.15, 0.2) is 0 Å². The van der Waals surface area contributed by atoms with Crippen LogP contribution in [0.15, 0.2) is 12.1 Å². The molecule has 0 atom stereocenters. The summed E-state index contributed by atoms with van der Waals surface area (Å²) in [6.07, 6.45) is 0. The van der Waals surface area contributed by atoms with E-state index in [-0.39, 0.29) is 22.7 Å². The van der Waals surface area contributed by atoms with E-state index in [2.05, 4.69) is 0 Å². The predicted octanol–water partition coefficient (Wildman–Crippen LogP) is 1.42. The van der Waals surface area contributed by atoms with Gasteiger partial charge in [-0.3, -0.25) is 0 Å². The molecule has 102 valence electrons. The second-order valence-electron chi connectivity index (χ2n) is 3.82. The topological polar surface area (TPSA) is 105 Å². The molecule has 0 unspecified atom stereocenters. The molecule has 0 aromatic heterocycles. The lowest BCUT2D eigenvalue weighted by Crippen LogP contribution is -2.19. The summed E-state index contributed by atoms with van der Waals surface area (Å²) in [6.45, 7) is 0. The highest BCUT2D eigenvalue weighted by Gasteiger charge is 2.10. The minimum Gasteiger partial charge on any atom is -0.758 e. The summed E-state index contributed by atoms with van der Waals surface area (Å²) in [5.74, 6) is 0. The number of hydrogen-bond donors (Lipinski definition) is 0. The molecule has 0 saturated heterocycles. The highest BCUT2D eigenvalue weighted by molar-refractivity contribution is 5.86. The molecule has 1 rings (SSSR count). The first kappa shape index (κ1) is 14.3. The van der Waals surface area contributed by atoms with Crippen LogP contribution in [0, 0.1) is 20.8 Å². The van der Waals surface area contributed by atoms with E-state index >= 15 is 0 Å². The van der Waals surface area contributed by atoms with Crippen molar-refractivity contribution in [3.05, 3.63) is 33.0 Å². The Labute approximate surface area is 105 Å². The molecule has 0 heterocycles. The second kappa shape index (κ2) is 5.27. The largest absolute Gasteiger partial charge is 0.758 e. The van der Waals surface area contributed by atoms with Crippen molar-refractivity contribution in [3.8, 4) is 0 Å². The first-order valence-corrected chi connectivity index (χ1v) is 5.07. The maximum atomic E-state index is 11.4. The van der Waals surface area contributed by atoms with Gasteiger partial charge in [-0.2, -0.15) is 0 Å². The Bertz CT molecular complexity index is 346. The van der Waals surface area contributed by atoms with Crippen molar-refractivity contribution in [2.75, 3.05) is 48.4 Å². The van der Waals surface area contributed by atoms with Crippen LogP contribution in [-0.2, 0) is 0 Å². The van der Waals surface area contributed by atoms with E-state index in [1.54, 1.807) is 0 Å². The molecular formula is C10H14N4O4-4. The molecule has 1 aromatic rings. The molecule has 8 heteroatoms. The smallest absolute Gasteiger partial charge is 0.0509 e. The highest BCUT2D eigenvalue weighted by atomic mass is 16.5. The molecule has 0 spiro atoms. The molecular weight excluding hydrogens is 240 g/mol. The number of hydroxylamine groups is 4. The van der Waals surface area contributed by atoms with Crippen molar-refractivity contribution in [1.82, 2.24) is 0 Å². The van der Waals surface area contributed by atoms with Crippen molar-refractivity contribution in [3.63, 3.8) is 0 Å². The third-order valence-electron chi connectivity index (χ3n) is 2.43. The monoisotopic (exact) mass is 254 g/mol. The standard InChI is InChI=1S/C10H14N4O4/c1-11(15)7-5-9(13(3)17)10(14(4)18)6-8(7)12(2)16/h5-6H,1-4H3/q-4. The van der Waals surface area contributed by atoms with Crippen LogP contribution in [-0.4, -0.2) is 28.2 Å². The fourth-order valence-electron chi connectivity index (χ4n) is 1.56. The lowest BCUT2D eigenvalue weighted by Gasteiger charge is -2.40. The number of benzene rings is 1. The van der Waals surface area contributed by atoms with Crippen LogP contribution in [0.2, 0.25) is 0 Å². The molecule has 0 saturated carbocycles. The van der Waals surface area contributed by atoms with Crippen LogP contribution in [0.4, 0.5) is 22.7 Å². The summed E-state index contributed by atoms with van der Waals surface area (Å²) < 4.78 is 0. The first-order chi connectivity index (χ1) is 8.25. The Kier molecular flexibility index (Phi) is 4.19. The van der Waals surface area contributed by atoms with Crippen molar-refractivity contribution in [1.29, 1.82) is 0 Å². The SMILES string of the molecule is CN([O-])c1cc(N(C)[O-])c(N(C)[O-])cc1N(C)[O-]. The molecule has 0 bridgehead atoms. The van der Waals surface area contributed by atoms with Crippen molar-refractivity contribution in [2.45, 2.75) is 0 Å². The zero-order valence-corrected chi connectivity index (χ0v) is 10.6. The third-order valence-corrected chi connectivity index (χ3v) is 2.43. The van der Waals surface area contributed by atoms with Crippen molar-refractivity contribution >= 4 is 22.7 Å².